The summed E-state index contributed by atoms with van der Waals surface area (Å²) in [6.07, 6.45) is 0.999. The van der Waals surface area contributed by atoms with Crippen molar-refractivity contribution in [3.63, 3.8) is 0 Å². The van der Waals surface area contributed by atoms with E-state index >= 15 is 0 Å². The molecule has 0 aromatic heterocycles. The first-order valence-electron chi connectivity index (χ1n) is 10.9. The van der Waals surface area contributed by atoms with Crippen molar-refractivity contribution in [1.29, 1.82) is 0 Å². The normalized spacial score (nSPS) is 16.8. The molecule has 2 fully saturated rings. The zero-order valence-electron chi connectivity index (χ0n) is 18.4. The molecule has 0 radical (unpaired) electrons. The molecule has 0 bridgehead atoms. The number of piperazine rings is 1. The Kier molecular flexibility index (Phi) is 6.03. The lowest BCUT2D eigenvalue weighted by Crippen LogP contribution is -2.53. The minimum Gasteiger partial charge on any atom is -0.380 e. The number of amides is 3. The van der Waals surface area contributed by atoms with Gasteiger partial charge in [0.2, 0.25) is 0 Å². The maximum Gasteiger partial charge on any atom is 0.255 e. The highest BCUT2D eigenvalue weighted by Crippen LogP contribution is 2.37. The molecule has 2 aromatic rings. The minimum atomic E-state index is -1.19. The van der Waals surface area contributed by atoms with Crippen LogP contribution in [-0.4, -0.2) is 64.4 Å². The summed E-state index contributed by atoms with van der Waals surface area (Å²) in [5.74, 6) is -1.27. The third-order valence-corrected chi connectivity index (χ3v) is 5.97. The van der Waals surface area contributed by atoms with E-state index < -0.39 is 11.4 Å². The Morgan fingerprint density at radius 3 is 2.12 bits per heavy atom. The number of carbonyl (C=O) groups excluding carboxylic acids is 3. The summed E-state index contributed by atoms with van der Waals surface area (Å²) < 4.78 is 14.4. The van der Waals surface area contributed by atoms with E-state index in [1.165, 1.54) is 18.2 Å². The lowest BCUT2D eigenvalue weighted by molar-refractivity contribution is -0.143. The van der Waals surface area contributed by atoms with Crippen LogP contribution in [0.1, 0.15) is 40.5 Å². The molecule has 1 saturated carbocycles. The average molecular weight is 451 g/mol. The number of hydrogen-bond donors (Lipinski definition) is 2. The average Bonchev–Trinajstić information content (AvgIpc) is 3.56. The van der Waals surface area contributed by atoms with E-state index in [4.69, 9.17) is 0 Å². The van der Waals surface area contributed by atoms with Gasteiger partial charge in [0.1, 0.15) is 11.4 Å². The fraction of sp³-hybridized carbons (Fsp3) is 0.320. The van der Waals surface area contributed by atoms with Gasteiger partial charge in [-0.25, -0.2) is 4.39 Å². The van der Waals surface area contributed by atoms with Crippen molar-refractivity contribution in [3.05, 3.63) is 71.7 Å². The lowest BCUT2D eigenvalue weighted by Gasteiger charge is -2.35. The Balaban J connectivity index is 1.43. The van der Waals surface area contributed by atoms with Gasteiger partial charge in [-0.2, -0.15) is 0 Å². The minimum absolute atomic E-state index is 0.172. The molecule has 1 saturated heterocycles. The number of carbonyl (C=O) groups is 3. The van der Waals surface area contributed by atoms with Crippen LogP contribution in [0.4, 0.5) is 4.39 Å². The van der Waals surface area contributed by atoms with Crippen LogP contribution in [0.25, 0.3) is 11.1 Å². The van der Waals surface area contributed by atoms with E-state index in [0.29, 0.717) is 61.4 Å². The van der Waals surface area contributed by atoms with Crippen molar-refractivity contribution in [1.82, 2.24) is 15.1 Å². The Bertz CT molecular complexity index is 1120. The van der Waals surface area contributed by atoms with Crippen LogP contribution in [0.2, 0.25) is 0 Å². The summed E-state index contributed by atoms with van der Waals surface area (Å²) in [5, 5.41) is 12.6. The van der Waals surface area contributed by atoms with Gasteiger partial charge in [0, 0.05) is 48.6 Å². The summed E-state index contributed by atoms with van der Waals surface area (Å²) in [6, 6.07) is 10.7. The van der Waals surface area contributed by atoms with Crippen LogP contribution < -0.4 is 5.32 Å². The number of nitrogens with one attached hydrogen (secondary N) is 1. The van der Waals surface area contributed by atoms with Crippen molar-refractivity contribution in [3.8, 4) is 11.1 Å². The number of aliphatic hydroxyl groups is 1. The topological polar surface area (TPSA) is 90.0 Å². The number of nitrogens with zero attached hydrogens (tertiary/aromatic N) is 2. The van der Waals surface area contributed by atoms with E-state index in [-0.39, 0.29) is 23.3 Å². The number of allylic oxidation sites excluding steroid dienone is 1. The summed E-state index contributed by atoms with van der Waals surface area (Å²) >= 11 is 0. The predicted molar refractivity (Wildman–Crippen MR) is 121 cm³/mol. The molecule has 1 aliphatic carbocycles. The van der Waals surface area contributed by atoms with Crippen LogP contribution >= 0.6 is 0 Å². The Hall–Kier alpha value is -3.52. The van der Waals surface area contributed by atoms with E-state index in [1.807, 2.05) is 0 Å². The van der Waals surface area contributed by atoms with Gasteiger partial charge >= 0.3 is 0 Å². The predicted octanol–water partition coefficient (Wildman–Crippen LogP) is 2.57. The fourth-order valence-electron chi connectivity index (χ4n) is 3.87. The van der Waals surface area contributed by atoms with Crippen molar-refractivity contribution in [2.45, 2.75) is 25.4 Å². The molecule has 2 N–H and O–H groups in total. The maximum absolute atomic E-state index is 14.4. The maximum atomic E-state index is 14.4. The summed E-state index contributed by atoms with van der Waals surface area (Å²) in [4.78, 5) is 40.6. The number of halogens is 1. The van der Waals surface area contributed by atoms with E-state index in [1.54, 1.807) is 41.0 Å². The number of hydrogen-bond acceptors (Lipinski definition) is 4. The van der Waals surface area contributed by atoms with Gasteiger partial charge in [0.05, 0.1) is 0 Å². The van der Waals surface area contributed by atoms with Crippen LogP contribution in [0.5, 0.6) is 0 Å². The second-order valence-corrected chi connectivity index (χ2v) is 8.62. The molecule has 1 aliphatic heterocycles. The van der Waals surface area contributed by atoms with Crippen LogP contribution in [0, 0.1) is 5.82 Å². The zero-order valence-corrected chi connectivity index (χ0v) is 18.4. The molecule has 2 aromatic carbocycles. The Labute approximate surface area is 191 Å². The number of rotatable bonds is 5. The summed E-state index contributed by atoms with van der Waals surface area (Å²) in [7, 11) is 0. The molecule has 33 heavy (non-hydrogen) atoms. The highest BCUT2D eigenvalue weighted by molar-refractivity contribution is 5.97. The Morgan fingerprint density at radius 1 is 0.970 bits per heavy atom. The largest absolute Gasteiger partial charge is 0.380 e. The van der Waals surface area contributed by atoms with Crippen LogP contribution in [0.3, 0.4) is 0 Å². The first-order valence-corrected chi connectivity index (χ1v) is 10.9. The molecule has 0 spiro atoms. The molecule has 0 atom stereocenters. The van der Waals surface area contributed by atoms with E-state index in [0.717, 1.165) is 0 Å². The van der Waals surface area contributed by atoms with Crippen LogP contribution in [-0.2, 0) is 4.79 Å². The van der Waals surface area contributed by atoms with Crippen molar-refractivity contribution in [2.24, 2.45) is 0 Å². The first kappa shape index (κ1) is 22.7. The molecular formula is C25H26FN3O4. The second-order valence-electron chi connectivity index (χ2n) is 8.62. The quantitative estimate of drug-likeness (QED) is 0.731. The fourth-order valence-corrected chi connectivity index (χ4v) is 3.87. The van der Waals surface area contributed by atoms with Gasteiger partial charge in [0.25, 0.3) is 17.7 Å². The molecular weight excluding hydrogens is 425 g/mol. The second kappa shape index (κ2) is 8.78. The van der Waals surface area contributed by atoms with Crippen molar-refractivity contribution >= 4 is 17.7 Å². The SMILES string of the molecule is C=C(C)NC(=O)c1ccc(F)c(-c2ccc(C(=O)N3CCN(C(=O)C4(O)CC4)CC3)cc2)c1. The van der Waals surface area contributed by atoms with Gasteiger partial charge in [-0.05, 0) is 55.7 Å². The molecule has 8 heteroatoms. The summed E-state index contributed by atoms with van der Waals surface area (Å²) in [6.45, 7) is 6.84. The standard InChI is InChI=1S/C25H26FN3O4/c1-16(2)27-22(30)19-7-8-21(26)20(15-19)17-3-5-18(6-4-17)23(31)28-11-13-29(14-12-28)24(32)25(33)9-10-25/h3-8,15,33H,1,9-14H2,2H3,(H,27,30). The van der Waals surface area contributed by atoms with Gasteiger partial charge in [0.15, 0.2) is 0 Å². The van der Waals surface area contributed by atoms with Gasteiger partial charge in [-0.1, -0.05) is 18.7 Å². The smallest absolute Gasteiger partial charge is 0.255 e. The monoisotopic (exact) mass is 451 g/mol. The third kappa shape index (κ3) is 4.80. The summed E-state index contributed by atoms with van der Waals surface area (Å²) in [5.41, 5.74) is 0.853. The van der Waals surface area contributed by atoms with Crippen molar-refractivity contribution < 1.29 is 23.9 Å². The van der Waals surface area contributed by atoms with Crippen molar-refractivity contribution in [2.75, 3.05) is 26.2 Å². The van der Waals surface area contributed by atoms with E-state index in [2.05, 4.69) is 11.9 Å². The highest BCUT2D eigenvalue weighted by Gasteiger charge is 2.50. The van der Waals surface area contributed by atoms with Gasteiger partial charge in [-0.15, -0.1) is 0 Å². The van der Waals surface area contributed by atoms with E-state index in [9.17, 15) is 23.9 Å². The van der Waals surface area contributed by atoms with Crippen LogP contribution in [0.15, 0.2) is 54.7 Å². The molecule has 3 amide bonds. The van der Waals surface area contributed by atoms with Gasteiger partial charge in [-0.3, -0.25) is 14.4 Å². The molecule has 172 valence electrons. The third-order valence-electron chi connectivity index (χ3n) is 5.97. The molecule has 2 aliphatic rings. The molecule has 0 unspecified atom stereocenters. The molecule has 4 rings (SSSR count). The first-order chi connectivity index (χ1) is 15.7. The molecule has 1 heterocycles. The Morgan fingerprint density at radius 2 is 1.55 bits per heavy atom. The lowest BCUT2D eigenvalue weighted by atomic mass is 10.0. The van der Waals surface area contributed by atoms with Gasteiger partial charge < -0.3 is 20.2 Å². The highest BCUT2D eigenvalue weighted by atomic mass is 19.1. The zero-order chi connectivity index (χ0) is 23.8. The molecule has 7 nitrogen and oxygen atoms in total. The number of benzene rings is 2.